The van der Waals surface area contributed by atoms with Gasteiger partial charge < -0.3 is 9.47 Å². The molecule has 1 atom stereocenters. The van der Waals surface area contributed by atoms with E-state index in [1.165, 1.54) is 19.4 Å². The van der Waals surface area contributed by atoms with Crippen LogP contribution in [0.1, 0.15) is 24.4 Å². The number of halogens is 1. The smallest absolute Gasteiger partial charge is 0.160 e. The first-order chi connectivity index (χ1) is 9.67. The Morgan fingerprint density at radius 1 is 1.35 bits per heavy atom. The Morgan fingerprint density at radius 2 is 2.20 bits per heavy atom. The highest BCUT2D eigenvalue weighted by atomic mass is 35.5. The molecular weight excluding hydrogens is 272 g/mol. The number of imidazole rings is 1. The number of nitrogens with zero attached hydrogens (tertiary/aromatic N) is 4. The number of piperidine rings is 1. The third kappa shape index (κ3) is 2.67. The molecule has 1 aliphatic heterocycles. The first-order valence-electron chi connectivity index (χ1n) is 7.24. The van der Waals surface area contributed by atoms with Crippen LogP contribution in [0, 0.1) is 12.8 Å². The molecule has 2 aromatic heterocycles. The Kier molecular flexibility index (Phi) is 3.94. The average Bonchev–Trinajstić information content (AvgIpc) is 2.76. The monoisotopic (exact) mass is 292 g/mol. The van der Waals surface area contributed by atoms with Gasteiger partial charge in [0.2, 0.25) is 0 Å². The first kappa shape index (κ1) is 13.8. The molecule has 0 bridgehead atoms. The molecule has 20 heavy (non-hydrogen) atoms. The second kappa shape index (κ2) is 5.70. The molecule has 3 rings (SSSR count). The molecule has 0 amide bonds. The van der Waals surface area contributed by atoms with Crippen molar-refractivity contribution in [3.8, 4) is 0 Å². The highest BCUT2D eigenvalue weighted by Crippen LogP contribution is 2.22. The lowest BCUT2D eigenvalue weighted by atomic mass is 9.98. The molecular formula is C15H21ClN4. The van der Waals surface area contributed by atoms with Crippen LogP contribution in [0.25, 0.3) is 11.2 Å². The normalized spacial score (nSPS) is 20.6. The summed E-state index contributed by atoms with van der Waals surface area (Å²) in [5.41, 5.74) is 2.96. The lowest BCUT2D eigenvalue weighted by Gasteiger charge is -2.30. The quantitative estimate of drug-likeness (QED) is 0.816. The molecule has 0 spiro atoms. The van der Waals surface area contributed by atoms with E-state index in [9.17, 15) is 0 Å². The molecule has 1 unspecified atom stereocenters. The van der Waals surface area contributed by atoms with Crippen molar-refractivity contribution in [1.29, 1.82) is 0 Å². The van der Waals surface area contributed by atoms with Gasteiger partial charge in [0.25, 0.3) is 0 Å². The maximum atomic E-state index is 6.07. The van der Waals surface area contributed by atoms with Crippen LogP contribution in [0.2, 0.25) is 0 Å². The van der Waals surface area contributed by atoms with Gasteiger partial charge in [0.05, 0.1) is 5.88 Å². The number of hydrogen-bond donors (Lipinski definition) is 0. The minimum atomic E-state index is 0.442. The highest BCUT2D eigenvalue weighted by molar-refractivity contribution is 6.16. The summed E-state index contributed by atoms with van der Waals surface area (Å²) in [6, 6.07) is 4.04. The van der Waals surface area contributed by atoms with Crippen molar-refractivity contribution in [2.24, 2.45) is 5.92 Å². The van der Waals surface area contributed by atoms with Gasteiger partial charge in [0.1, 0.15) is 11.3 Å². The third-order valence-electron chi connectivity index (χ3n) is 4.09. The third-order valence-corrected chi connectivity index (χ3v) is 4.33. The maximum Gasteiger partial charge on any atom is 0.160 e. The van der Waals surface area contributed by atoms with Gasteiger partial charge in [-0.2, -0.15) is 0 Å². The van der Waals surface area contributed by atoms with Gasteiger partial charge in [-0.15, -0.1) is 11.6 Å². The molecule has 0 saturated carbocycles. The second-order valence-electron chi connectivity index (χ2n) is 5.84. The Hall–Kier alpha value is -1.13. The molecule has 3 heterocycles. The number of aryl methyl sites for hydroxylation is 1. The lowest BCUT2D eigenvalue weighted by molar-refractivity contribution is 0.194. The number of pyridine rings is 1. The molecule has 0 N–H and O–H groups in total. The van der Waals surface area contributed by atoms with E-state index in [1.54, 1.807) is 0 Å². The van der Waals surface area contributed by atoms with Crippen LogP contribution in [0.4, 0.5) is 0 Å². The highest BCUT2D eigenvalue weighted by Gasteiger charge is 2.20. The summed E-state index contributed by atoms with van der Waals surface area (Å²) >= 11 is 6.07. The summed E-state index contributed by atoms with van der Waals surface area (Å²) in [6.45, 7) is 5.35. The number of hydrogen-bond acceptors (Lipinski definition) is 3. The van der Waals surface area contributed by atoms with E-state index in [1.807, 2.05) is 19.1 Å². The Balaban J connectivity index is 1.94. The van der Waals surface area contributed by atoms with Crippen LogP contribution in [-0.2, 0) is 12.4 Å². The summed E-state index contributed by atoms with van der Waals surface area (Å²) in [7, 11) is 2.20. The Morgan fingerprint density at radius 3 is 2.95 bits per heavy atom. The average molecular weight is 293 g/mol. The summed E-state index contributed by atoms with van der Waals surface area (Å²) < 4.78 is 2.22. The van der Waals surface area contributed by atoms with E-state index < -0.39 is 0 Å². The number of fused-ring (bicyclic) bond motifs is 1. The summed E-state index contributed by atoms with van der Waals surface area (Å²) in [6.07, 6.45) is 2.55. The zero-order valence-corrected chi connectivity index (χ0v) is 12.9. The van der Waals surface area contributed by atoms with E-state index in [4.69, 9.17) is 11.6 Å². The molecule has 5 heteroatoms. The largest absolute Gasteiger partial charge is 0.311 e. The molecule has 1 saturated heterocycles. The molecule has 108 valence electrons. The van der Waals surface area contributed by atoms with Gasteiger partial charge in [-0.1, -0.05) is 0 Å². The first-order valence-corrected chi connectivity index (χ1v) is 7.78. The van der Waals surface area contributed by atoms with Gasteiger partial charge in [0.15, 0.2) is 5.65 Å². The van der Waals surface area contributed by atoms with E-state index in [0.29, 0.717) is 11.8 Å². The van der Waals surface area contributed by atoms with Crippen molar-refractivity contribution in [2.75, 3.05) is 20.1 Å². The van der Waals surface area contributed by atoms with Crippen LogP contribution >= 0.6 is 11.6 Å². The minimum absolute atomic E-state index is 0.442. The zero-order valence-electron chi connectivity index (χ0n) is 12.1. The molecule has 2 aromatic rings. The fourth-order valence-electron chi connectivity index (χ4n) is 3.12. The van der Waals surface area contributed by atoms with Gasteiger partial charge >= 0.3 is 0 Å². The topological polar surface area (TPSA) is 34.0 Å². The molecule has 0 aromatic carbocycles. The summed E-state index contributed by atoms with van der Waals surface area (Å²) in [5.74, 6) is 2.04. The maximum absolute atomic E-state index is 6.07. The molecule has 1 aliphatic rings. The fourth-order valence-corrected chi connectivity index (χ4v) is 3.32. The number of likely N-dealkylation sites (tertiary alicyclic amines) is 1. The SMILES string of the molecule is Cc1ccc2nc(CCl)n(CC3CCCN(C)C3)c2n1. The lowest BCUT2D eigenvalue weighted by Crippen LogP contribution is -2.34. The van der Waals surface area contributed by atoms with Crippen LogP contribution in [0.5, 0.6) is 0 Å². The van der Waals surface area contributed by atoms with Gasteiger partial charge in [-0.05, 0) is 51.4 Å². The van der Waals surface area contributed by atoms with E-state index >= 15 is 0 Å². The standard InChI is InChI=1S/C15H21ClN4/c1-11-5-6-13-15(17-11)20(14(8-16)18-13)10-12-4-3-7-19(2)9-12/h5-6,12H,3-4,7-10H2,1-2H3. The van der Waals surface area contributed by atoms with Crippen LogP contribution in [0.3, 0.4) is 0 Å². The van der Waals surface area contributed by atoms with Gasteiger partial charge in [-0.3, -0.25) is 0 Å². The zero-order chi connectivity index (χ0) is 14.1. The van der Waals surface area contributed by atoms with Crippen molar-refractivity contribution in [3.63, 3.8) is 0 Å². The van der Waals surface area contributed by atoms with Crippen LogP contribution in [0.15, 0.2) is 12.1 Å². The van der Waals surface area contributed by atoms with Crippen LogP contribution < -0.4 is 0 Å². The predicted molar refractivity (Wildman–Crippen MR) is 82.0 cm³/mol. The summed E-state index contributed by atoms with van der Waals surface area (Å²) in [5, 5.41) is 0. The molecule has 0 radical (unpaired) electrons. The predicted octanol–water partition coefficient (Wildman–Crippen LogP) is 2.82. The van der Waals surface area contributed by atoms with Crippen molar-refractivity contribution in [1.82, 2.24) is 19.4 Å². The van der Waals surface area contributed by atoms with Crippen LogP contribution in [-0.4, -0.2) is 39.6 Å². The molecule has 4 nitrogen and oxygen atoms in total. The minimum Gasteiger partial charge on any atom is -0.311 e. The summed E-state index contributed by atoms with van der Waals surface area (Å²) in [4.78, 5) is 11.7. The molecule has 1 fully saturated rings. The van der Waals surface area contributed by atoms with Gasteiger partial charge in [0, 0.05) is 18.8 Å². The van der Waals surface area contributed by atoms with Gasteiger partial charge in [-0.25, -0.2) is 9.97 Å². The fraction of sp³-hybridized carbons (Fsp3) is 0.600. The van der Waals surface area contributed by atoms with E-state index in [-0.39, 0.29) is 0 Å². The van der Waals surface area contributed by atoms with Crippen molar-refractivity contribution in [3.05, 3.63) is 23.7 Å². The number of rotatable bonds is 3. The number of alkyl halides is 1. The second-order valence-corrected chi connectivity index (χ2v) is 6.11. The Labute approximate surface area is 124 Å². The van der Waals surface area contributed by atoms with Crippen molar-refractivity contribution in [2.45, 2.75) is 32.2 Å². The van der Waals surface area contributed by atoms with E-state index in [2.05, 4.69) is 26.5 Å². The van der Waals surface area contributed by atoms with Crippen molar-refractivity contribution >= 4 is 22.8 Å². The molecule has 0 aliphatic carbocycles. The van der Waals surface area contributed by atoms with E-state index in [0.717, 1.165) is 35.8 Å². The van der Waals surface area contributed by atoms with Crippen molar-refractivity contribution < 1.29 is 0 Å². The number of aromatic nitrogens is 3. The Bertz CT molecular complexity index is 607.